The van der Waals surface area contributed by atoms with E-state index in [1.165, 1.54) is 32.2 Å². The summed E-state index contributed by atoms with van der Waals surface area (Å²) in [6.07, 6.45) is 5.43. The third kappa shape index (κ3) is 2.83. The number of rotatable bonds is 3. The van der Waals surface area contributed by atoms with Crippen LogP contribution in [0.15, 0.2) is 0 Å². The summed E-state index contributed by atoms with van der Waals surface area (Å²) in [4.78, 5) is 2.59. The molecular weight excluding hydrogens is 212 g/mol. The highest BCUT2D eigenvalue weighted by Crippen LogP contribution is 2.39. The van der Waals surface area contributed by atoms with Gasteiger partial charge < -0.3 is 10.5 Å². The molecule has 3 unspecified atom stereocenters. The third-order valence-corrected chi connectivity index (χ3v) is 4.68. The number of ether oxygens (including phenoxy) is 1. The van der Waals surface area contributed by atoms with Gasteiger partial charge in [0.05, 0.1) is 6.10 Å². The standard InChI is InChI=1S/C14H28N2O/c1-4-17-11-6-5-9-16(10-11)12-7-8-14(2,3)13(12)15/h11-13H,4-10,15H2,1-3H3. The lowest BCUT2D eigenvalue weighted by molar-refractivity contribution is -0.0102. The molecule has 2 rings (SSSR count). The van der Waals surface area contributed by atoms with Crippen LogP contribution in [0.5, 0.6) is 0 Å². The number of nitrogens with zero attached hydrogens (tertiary/aromatic N) is 1. The molecule has 1 saturated carbocycles. The molecule has 1 saturated heterocycles. The summed E-state index contributed by atoms with van der Waals surface area (Å²) < 4.78 is 5.78. The molecule has 2 N–H and O–H groups in total. The Morgan fingerprint density at radius 2 is 2.12 bits per heavy atom. The highest BCUT2D eigenvalue weighted by atomic mass is 16.5. The molecule has 0 radical (unpaired) electrons. The lowest BCUT2D eigenvalue weighted by Gasteiger charge is -2.39. The van der Waals surface area contributed by atoms with Crippen LogP contribution in [-0.2, 0) is 4.74 Å². The smallest absolute Gasteiger partial charge is 0.0702 e. The van der Waals surface area contributed by atoms with Gasteiger partial charge in [0.15, 0.2) is 0 Å². The molecule has 0 bridgehead atoms. The maximum Gasteiger partial charge on any atom is 0.0702 e. The Bertz CT molecular complexity index is 253. The van der Waals surface area contributed by atoms with Crippen LogP contribution >= 0.6 is 0 Å². The van der Waals surface area contributed by atoms with Gasteiger partial charge in [0.2, 0.25) is 0 Å². The van der Waals surface area contributed by atoms with Crippen LogP contribution in [0.3, 0.4) is 0 Å². The Morgan fingerprint density at radius 1 is 1.35 bits per heavy atom. The first-order valence-corrected chi connectivity index (χ1v) is 7.16. The number of hydrogen-bond acceptors (Lipinski definition) is 3. The fraction of sp³-hybridized carbons (Fsp3) is 1.00. The number of likely N-dealkylation sites (tertiary alicyclic amines) is 1. The van der Waals surface area contributed by atoms with E-state index < -0.39 is 0 Å². The van der Waals surface area contributed by atoms with Crippen LogP contribution in [0.4, 0.5) is 0 Å². The van der Waals surface area contributed by atoms with Crippen LogP contribution in [0, 0.1) is 5.41 Å². The summed E-state index contributed by atoms with van der Waals surface area (Å²) in [5.74, 6) is 0. The first-order valence-electron chi connectivity index (χ1n) is 7.16. The SMILES string of the molecule is CCOC1CCCN(C2CCC(C)(C)C2N)C1. The van der Waals surface area contributed by atoms with Gasteiger partial charge in [-0.2, -0.15) is 0 Å². The summed E-state index contributed by atoms with van der Waals surface area (Å²) in [5.41, 5.74) is 6.73. The maximum absolute atomic E-state index is 6.42. The molecular formula is C14H28N2O. The summed E-state index contributed by atoms with van der Waals surface area (Å²) in [7, 11) is 0. The van der Waals surface area contributed by atoms with E-state index in [2.05, 4.69) is 25.7 Å². The lowest BCUT2D eigenvalue weighted by Crippen LogP contribution is -2.53. The topological polar surface area (TPSA) is 38.5 Å². The molecule has 1 aliphatic carbocycles. The van der Waals surface area contributed by atoms with Crippen molar-refractivity contribution in [3.8, 4) is 0 Å². The first-order chi connectivity index (χ1) is 8.04. The zero-order valence-electron chi connectivity index (χ0n) is 11.6. The second-order valence-electron chi connectivity index (χ2n) is 6.33. The van der Waals surface area contributed by atoms with Crippen molar-refractivity contribution in [3.63, 3.8) is 0 Å². The van der Waals surface area contributed by atoms with Crippen LogP contribution in [-0.4, -0.2) is 42.8 Å². The molecule has 1 aliphatic heterocycles. The zero-order chi connectivity index (χ0) is 12.5. The molecule has 3 nitrogen and oxygen atoms in total. The second kappa shape index (κ2) is 5.25. The van der Waals surface area contributed by atoms with Crippen molar-refractivity contribution in [1.29, 1.82) is 0 Å². The molecule has 2 aliphatic rings. The monoisotopic (exact) mass is 240 g/mol. The Labute approximate surface area is 106 Å². The normalized spacial score (nSPS) is 38.5. The van der Waals surface area contributed by atoms with E-state index in [0.29, 0.717) is 23.6 Å². The van der Waals surface area contributed by atoms with Crippen molar-refractivity contribution >= 4 is 0 Å². The van der Waals surface area contributed by atoms with Gasteiger partial charge in [0, 0.05) is 25.2 Å². The van der Waals surface area contributed by atoms with Crippen molar-refractivity contribution in [1.82, 2.24) is 4.90 Å². The highest BCUT2D eigenvalue weighted by molar-refractivity contribution is 5.00. The summed E-state index contributed by atoms with van der Waals surface area (Å²) in [5, 5.41) is 0. The van der Waals surface area contributed by atoms with Crippen molar-refractivity contribution in [2.24, 2.45) is 11.1 Å². The lowest BCUT2D eigenvalue weighted by atomic mass is 9.87. The number of nitrogens with two attached hydrogens (primary N) is 1. The van der Waals surface area contributed by atoms with Gasteiger partial charge in [-0.3, -0.25) is 4.90 Å². The highest BCUT2D eigenvalue weighted by Gasteiger charge is 2.43. The zero-order valence-corrected chi connectivity index (χ0v) is 11.6. The minimum atomic E-state index is 0.309. The molecule has 3 atom stereocenters. The minimum Gasteiger partial charge on any atom is -0.377 e. The molecule has 100 valence electrons. The van der Waals surface area contributed by atoms with E-state index in [4.69, 9.17) is 10.5 Å². The van der Waals surface area contributed by atoms with Crippen molar-refractivity contribution in [2.45, 2.75) is 64.6 Å². The van der Waals surface area contributed by atoms with E-state index in [1.54, 1.807) is 0 Å². The van der Waals surface area contributed by atoms with Gasteiger partial charge in [0.1, 0.15) is 0 Å². The molecule has 0 amide bonds. The third-order valence-electron chi connectivity index (χ3n) is 4.68. The predicted molar refractivity (Wildman–Crippen MR) is 71.0 cm³/mol. The Morgan fingerprint density at radius 3 is 2.71 bits per heavy atom. The predicted octanol–water partition coefficient (Wildman–Crippen LogP) is 2.00. The molecule has 1 heterocycles. The largest absolute Gasteiger partial charge is 0.377 e. The van der Waals surface area contributed by atoms with Crippen LogP contribution in [0.25, 0.3) is 0 Å². The number of piperidine rings is 1. The van der Waals surface area contributed by atoms with Crippen molar-refractivity contribution in [3.05, 3.63) is 0 Å². The fourth-order valence-corrected chi connectivity index (χ4v) is 3.44. The molecule has 0 aromatic rings. The van der Waals surface area contributed by atoms with E-state index in [-0.39, 0.29) is 0 Å². The molecule has 0 spiro atoms. The summed E-state index contributed by atoms with van der Waals surface area (Å²) in [6, 6.07) is 0.899. The average Bonchev–Trinajstić information content (AvgIpc) is 2.55. The van der Waals surface area contributed by atoms with Gasteiger partial charge in [-0.05, 0) is 44.6 Å². The molecule has 0 aromatic carbocycles. The van der Waals surface area contributed by atoms with Crippen LogP contribution < -0.4 is 5.73 Å². The van der Waals surface area contributed by atoms with Gasteiger partial charge in [-0.1, -0.05) is 13.8 Å². The quantitative estimate of drug-likeness (QED) is 0.820. The van der Waals surface area contributed by atoms with E-state index >= 15 is 0 Å². The van der Waals surface area contributed by atoms with Crippen LogP contribution in [0.1, 0.15) is 46.5 Å². The summed E-state index contributed by atoms with van der Waals surface area (Å²) >= 11 is 0. The maximum atomic E-state index is 6.42. The minimum absolute atomic E-state index is 0.309. The number of hydrogen-bond donors (Lipinski definition) is 1. The average molecular weight is 240 g/mol. The fourth-order valence-electron chi connectivity index (χ4n) is 3.44. The Kier molecular flexibility index (Phi) is 4.11. The molecule has 2 fully saturated rings. The van der Waals surface area contributed by atoms with Crippen LogP contribution in [0.2, 0.25) is 0 Å². The Balaban J connectivity index is 1.94. The van der Waals surface area contributed by atoms with Gasteiger partial charge >= 0.3 is 0 Å². The van der Waals surface area contributed by atoms with E-state index in [1.807, 2.05) is 0 Å². The Hall–Kier alpha value is -0.120. The van der Waals surface area contributed by atoms with E-state index in [0.717, 1.165) is 13.2 Å². The molecule has 0 aromatic heterocycles. The second-order valence-corrected chi connectivity index (χ2v) is 6.33. The van der Waals surface area contributed by atoms with Gasteiger partial charge in [-0.25, -0.2) is 0 Å². The first kappa shape index (κ1) is 13.3. The van der Waals surface area contributed by atoms with Gasteiger partial charge in [-0.15, -0.1) is 0 Å². The molecule has 3 heteroatoms. The van der Waals surface area contributed by atoms with Crippen molar-refractivity contribution in [2.75, 3.05) is 19.7 Å². The van der Waals surface area contributed by atoms with E-state index in [9.17, 15) is 0 Å². The summed E-state index contributed by atoms with van der Waals surface area (Å²) in [6.45, 7) is 9.83. The van der Waals surface area contributed by atoms with Gasteiger partial charge in [0.25, 0.3) is 0 Å². The van der Waals surface area contributed by atoms with Crippen molar-refractivity contribution < 1.29 is 4.74 Å². The molecule has 17 heavy (non-hydrogen) atoms.